The average molecular weight is 286 g/mol. The number of benzene rings is 2. The standard InChI is InChI=1S/C19H20F2/c1-15-7-5-6-10-17(15)13-14-18(19(20)21)12-11-16-8-3-2-4-9-16/h2-10H,11-14H2,1H3. The van der Waals surface area contributed by atoms with Crippen LogP contribution in [0.25, 0.3) is 0 Å². The predicted molar refractivity (Wildman–Crippen MR) is 83.5 cm³/mol. The quantitative estimate of drug-likeness (QED) is 0.638. The Morgan fingerprint density at radius 1 is 0.810 bits per heavy atom. The van der Waals surface area contributed by atoms with Crippen LogP contribution < -0.4 is 0 Å². The van der Waals surface area contributed by atoms with E-state index in [2.05, 4.69) is 0 Å². The van der Waals surface area contributed by atoms with Gasteiger partial charge in [0.1, 0.15) is 0 Å². The van der Waals surface area contributed by atoms with Gasteiger partial charge in [-0.05, 0) is 54.9 Å². The molecule has 2 heteroatoms. The molecule has 0 fully saturated rings. The molecule has 0 heterocycles. The molecular formula is C19H20F2. The first kappa shape index (κ1) is 15.4. The molecule has 0 saturated carbocycles. The molecule has 0 amide bonds. The van der Waals surface area contributed by atoms with Crippen LogP contribution in [0.3, 0.4) is 0 Å². The summed E-state index contributed by atoms with van der Waals surface area (Å²) in [6.45, 7) is 2.02. The SMILES string of the molecule is Cc1ccccc1CCC(CCc1ccccc1)=C(F)F. The second-order valence-corrected chi connectivity index (χ2v) is 5.28. The Kier molecular flexibility index (Phi) is 5.68. The molecule has 2 aromatic carbocycles. The molecule has 0 bridgehead atoms. The topological polar surface area (TPSA) is 0 Å². The average Bonchev–Trinajstić information content (AvgIpc) is 2.49. The van der Waals surface area contributed by atoms with Gasteiger partial charge in [0.2, 0.25) is 0 Å². The van der Waals surface area contributed by atoms with Crippen LogP contribution in [-0.4, -0.2) is 0 Å². The van der Waals surface area contributed by atoms with Gasteiger partial charge in [-0.15, -0.1) is 0 Å². The summed E-state index contributed by atoms with van der Waals surface area (Å²) < 4.78 is 26.2. The van der Waals surface area contributed by atoms with E-state index in [9.17, 15) is 8.78 Å². The molecule has 0 atom stereocenters. The summed E-state index contributed by atoms with van der Waals surface area (Å²) >= 11 is 0. The Bertz CT molecular complexity index is 596. The van der Waals surface area contributed by atoms with Gasteiger partial charge in [0.15, 0.2) is 0 Å². The van der Waals surface area contributed by atoms with Gasteiger partial charge in [0.25, 0.3) is 6.08 Å². The third-order valence-electron chi connectivity index (χ3n) is 3.78. The van der Waals surface area contributed by atoms with Crippen molar-refractivity contribution in [1.29, 1.82) is 0 Å². The molecule has 0 aromatic heterocycles. The lowest BCUT2D eigenvalue weighted by molar-refractivity contribution is 0.403. The van der Waals surface area contributed by atoms with Gasteiger partial charge in [-0.1, -0.05) is 54.6 Å². The highest BCUT2D eigenvalue weighted by atomic mass is 19.3. The molecule has 0 aliphatic rings. The molecule has 2 aromatic rings. The van der Waals surface area contributed by atoms with E-state index < -0.39 is 6.08 Å². The Morgan fingerprint density at radius 3 is 2.10 bits per heavy atom. The predicted octanol–water partition coefficient (Wildman–Crippen LogP) is 5.71. The second kappa shape index (κ2) is 7.72. The van der Waals surface area contributed by atoms with Crippen LogP contribution in [0.2, 0.25) is 0 Å². The number of halogens is 2. The van der Waals surface area contributed by atoms with Crippen molar-refractivity contribution in [3.63, 3.8) is 0 Å². The zero-order valence-corrected chi connectivity index (χ0v) is 12.3. The van der Waals surface area contributed by atoms with Gasteiger partial charge >= 0.3 is 0 Å². The van der Waals surface area contributed by atoms with Crippen molar-refractivity contribution in [3.05, 3.63) is 82.9 Å². The zero-order chi connectivity index (χ0) is 15.1. The molecular weight excluding hydrogens is 266 g/mol. The van der Waals surface area contributed by atoms with Crippen LogP contribution >= 0.6 is 0 Å². The Morgan fingerprint density at radius 2 is 1.43 bits per heavy atom. The molecule has 0 N–H and O–H groups in total. The summed E-state index contributed by atoms with van der Waals surface area (Å²) in [5.74, 6) is 0. The van der Waals surface area contributed by atoms with Gasteiger partial charge in [0, 0.05) is 0 Å². The van der Waals surface area contributed by atoms with Crippen LogP contribution in [0.4, 0.5) is 8.78 Å². The summed E-state index contributed by atoms with van der Waals surface area (Å²) in [4.78, 5) is 0. The lowest BCUT2D eigenvalue weighted by atomic mass is 9.97. The third kappa shape index (κ3) is 4.82. The fraction of sp³-hybridized carbons (Fsp3) is 0.263. The molecule has 110 valence electrons. The molecule has 0 aliphatic heterocycles. The molecule has 2 rings (SSSR count). The minimum absolute atomic E-state index is 0.280. The summed E-state index contributed by atoms with van der Waals surface area (Å²) in [7, 11) is 0. The van der Waals surface area contributed by atoms with Crippen molar-refractivity contribution in [1.82, 2.24) is 0 Å². The maximum Gasteiger partial charge on any atom is 0.269 e. The summed E-state index contributed by atoms with van der Waals surface area (Å²) in [6, 6.07) is 17.8. The van der Waals surface area contributed by atoms with Crippen molar-refractivity contribution in [2.75, 3.05) is 0 Å². The molecule has 0 saturated heterocycles. The van der Waals surface area contributed by atoms with E-state index in [1.807, 2.05) is 61.5 Å². The highest BCUT2D eigenvalue weighted by Crippen LogP contribution is 2.22. The molecule has 0 nitrogen and oxygen atoms in total. The summed E-state index contributed by atoms with van der Waals surface area (Å²) in [6.07, 6.45) is 0.688. The smallest absolute Gasteiger partial charge is 0.173 e. The zero-order valence-electron chi connectivity index (χ0n) is 12.3. The van der Waals surface area contributed by atoms with Gasteiger partial charge in [-0.25, -0.2) is 0 Å². The van der Waals surface area contributed by atoms with Crippen LogP contribution in [0.1, 0.15) is 29.5 Å². The fourth-order valence-electron chi connectivity index (χ4n) is 2.43. The van der Waals surface area contributed by atoms with Gasteiger partial charge < -0.3 is 0 Å². The maximum atomic E-state index is 13.1. The van der Waals surface area contributed by atoms with E-state index >= 15 is 0 Å². The van der Waals surface area contributed by atoms with Crippen LogP contribution in [0.5, 0.6) is 0 Å². The van der Waals surface area contributed by atoms with Crippen molar-refractivity contribution < 1.29 is 8.78 Å². The number of rotatable bonds is 6. The van der Waals surface area contributed by atoms with Crippen molar-refractivity contribution in [2.24, 2.45) is 0 Å². The first-order chi connectivity index (χ1) is 10.2. The van der Waals surface area contributed by atoms with Gasteiger partial charge in [-0.2, -0.15) is 8.78 Å². The highest BCUT2D eigenvalue weighted by Gasteiger charge is 2.08. The van der Waals surface area contributed by atoms with E-state index in [0.717, 1.165) is 11.1 Å². The molecule has 0 unspecified atom stereocenters. The van der Waals surface area contributed by atoms with E-state index in [0.29, 0.717) is 25.7 Å². The van der Waals surface area contributed by atoms with Crippen molar-refractivity contribution >= 4 is 0 Å². The van der Waals surface area contributed by atoms with E-state index in [4.69, 9.17) is 0 Å². The normalized spacial score (nSPS) is 10.4. The summed E-state index contributed by atoms with van der Waals surface area (Å²) in [5.41, 5.74) is 3.70. The highest BCUT2D eigenvalue weighted by molar-refractivity contribution is 5.26. The Hall–Kier alpha value is -1.96. The molecule has 0 spiro atoms. The van der Waals surface area contributed by atoms with Crippen LogP contribution in [0.15, 0.2) is 66.3 Å². The van der Waals surface area contributed by atoms with Crippen LogP contribution in [0, 0.1) is 6.92 Å². The number of hydrogen-bond donors (Lipinski definition) is 0. The van der Waals surface area contributed by atoms with E-state index in [1.54, 1.807) is 0 Å². The largest absolute Gasteiger partial charge is 0.269 e. The van der Waals surface area contributed by atoms with Crippen molar-refractivity contribution in [2.45, 2.75) is 32.6 Å². The first-order valence-electron chi connectivity index (χ1n) is 7.28. The Balaban J connectivity index is 1.95. The second-order valence-electron chi connectivity index (χ2n) is 5.28. The van der Waals surface area contributed by atoms with Crippen LogP contribution in [-0.2, 0) is 12.8 Å². The number of aryl methyl sites for hydroxylation is 3. The van der Waals surface area contributed by atoms with Gasteiger partial charge in [0.05, 0.1) is 0 Å². The third-order valence-corrected chi connectivity index (χ3v) is 3.78. The first-order valence-corrected chi connectivity index (χ1v) is 7.28. The van der Waals surface area contributed by atoms with E-state index in [1.165, 1.54) is 5.56 Å². The van der Waals surface area contributed by atoms with Crippen molar-refractivity contribution in [3.8, 4) is 0 Å². The minimum atomic E-state index is -1.51. The Labute approximate surface area is 125 Å². The molecule has 21 heavy (non-hydrogen) atoms. The van der Waals surface area contributed by atoms with Gasteiger partial charge in [-0.3, -0.25) is 0 Å². The lowest BCUT2D eigenvalue weighted by Gasteiger charge is -2.09. The maximum absolute atomic E-state index is 13.1. The molecule has 0 radical (unpaired) electrons. The number of allylic oxidation sites excluding steroid dienone is 1. The summed E-state index contributed by atoms with van der Waals surface area (Å²) in [5, 5.41) is 0. The monoisotopic (exact) mass is 286 g/mol. The molecule has 0 aliphatic carbocycles. The minimum Gasteiger partial charge on any atom is -0.173 e. The van der Waals surface area contributed by atoms with E-state index in [-0.39, 0.29) is 5.57 Å². The number of hydrogen-bond acceptors (Lipinski definition) is 0. The fourth-order valence-corrected chi connectivity index (χ4v) is 2.43. The lowest BCUT2D eigenvalue weighted by Crippen LogP contribution is -1.96.